The number of hydrogen-bond acceptors (Lipinski definition) is 2. The molecule has 1 aromatic heterocycles. The molecule has 0 saturated heterocycles. The summed E-state index contributed by atoms with van der Waals surface area (Å²) in [7, 11) is 0. The van der Waals surface area contributed by atoms with Crippen molar-refractivity contribution in [2.24, 2.45) is 0 Å². The fraction of sp³-hybridized carbons (Fsp3) is 0.444. The molecule has 2 heteroatoms. The molecular weight excluding hydrogens is 138 g/mol. The van der Waals surface area contributed by atoms with Gasteiger partial charge in [-0.3, -0.25) is 4.98 Å². The molecule has 0 unspecified atom stereocenters. The van der Waals surface area contributed by atoms with Gasteiger partial charge in [0.25, 0.3) is 0 Å². The lowest BCUT2D eigenvalue weighted by Crippen LogP contribution is -2.11. The normalized spacial score (nSPS) is 16.1. The van der Waals surface area contributed by atoms with Crippen molar-refractivity contribution in [2.45, 2.75) is 20.0 Å². The maximum absolute atomic E-state index is 5.30. The topological polar surface area (TPSA) is 22.1 Å². The molecule has 11 heavy (non-hydrogen) atoms. The number of aromatic nitrogens is 1. The highest BCUT2D eigenvalue weighted by atomic mass is 16.5. The molecule has 0 radical (unpaired) electrons. The lowest BCUT2D eigenvalue weighted by atomic mass is 10.1. The molecule has 1 aliphatic rings. The van der Waals surface area contributed by atoms with Gasteiger partial charge in [-0.2, -0.15) is 0 Å². The molecule has 58 valence electrons. The first-order chi connectivity index (χ1) is 5.36. The van der Waals surface area contributed by atoms with Gasteiger partial charge >= 0.3 is 0 Å². The first-order valence-corrected chi connectivity index (χ1v) is 3.89. The Kier molecular flexibility index (Phi) is 1.62. The Hall–Kier alpha value is -0.890. The number of rotatable bonds is 0. The monoisotopic (exact) mass is 149 g/mol. The minimum Gasteiger partial charge on any atom is -0.376 e. The fourth-order valence-corrected chi connectivity index (χ4v) is 1.34. The smallest absolute Gasteiger partial charge is 0.0734 e. The predicted molar refractivity (Wildman–Crippen MR) is 42.3 cm³/mol. The maximum atomic E-state index is 5.30. The lowest BCUT2D eigenvalue weighted by molar-refractivity contribution is 0.109. The summed E-state index contributed by atoms with van der Waals surface area (Å²) in [5.74, 6) is 0. The van der Waals surface area contributed by atoms with Crippen LogP contribution in [0.25, 0.3) is 0 Å². The number of pyridine rings is 1. The average Bonchev–Trinajstić information content (AvgIpc) is 2.04. The molecule has 0 amide bonds. The highest BCUT2D eigenvalue weighted by Gasteiger charge is 2.09. The average molecular weight is 149 g/mol. The van der Waals surface area contributed by atoms with Crippen molar-refractivity contribution >= 4 is 0 Å². The van der Waals surface area contributed by atoms with E-state index in [1.807, 2.05) is 13.0 Å². The van der Waals surface area contributed by atoms with Gasteiger partial charge in [-0.25, -0.2) is 0 Å². The van der Waals surface area contributed by atoms with E-state index in [-0.39, 0.29) is 0 Å². The van der Waals surface area contributed by atoms with Gasteiger partial charge in [0, 0.05) is 17.8 Å². The molecule has 0 aliphatic carbocycles. The van der Waals surface area contributed by atoms with Crippen LogP contribution in [0.3, 0.4) is 0 Å². The SMILES string of the molecule is Cc1ccc2c(n1)CCOC2. The minimum atomic E-state index is 0.739. The number of ether oxygens (including phenoxy) is 1. The zero-order valence-electron chi connectivity index (χ0n) is 6.63. The van der Waals surface area contributed by atoms with Crippen LogP contribution in [-0.2, 0) is 17.8 Å². The molecule has 1 aromatic rings. The third-order valence-corrected chi connectivity index (χ3v) is 1.95. The Morgan fingerprint density at radius 1 is 1.45 bits per heavy atom. The van der Waals surface area contributed by atoms with E-state index in [9.17, 15) is 0 Å². The number of hydrogen-bond donors (Lipinski definition) is 0. The van der Waals surface area contributed by atoms with E-state index >= 15 is 0 Å². The highest BCUT2D eigenvalue weighted by Crippen LogP contribution is 2.14. The van der Waals surface area contributed by atoms with Crippen LogP contribution in [0.2, 0.25) is 0 Å². The number of aryl methyl sites for hydroxylation is 1. The van der Waals surface area contributed by atoms with Crippen LogP contribution >= 0.6 is 0 Å². The number of fused-ring (bicyclic) bond motifs is 1. The van der Waals surface area contributed by atoms with Gasteiger partial charge in [-0.1, -0.05) is 6.07 Å². The second kappa shape index (κ2) is 2.62. The third-order valence-electron chi connectivity index (χ3n) is 1.95. The summed E-state index contributed by atoms with van der Waals surface area (Å²) in [5.41, 5.74) is 3.57. The van der Waals surface area contributed by atoms with Gasteiger partial charge in [0.2, 0.25) is 0 Å². The van der Waals surface area contributed by atoms with Crippen LogP contribution in [0.5, 0.6) is 0 Å². The quantitative estimate of drug-likeness (QED) is 0.557. The van der Waals surface area contributed by atoms with Crippen LogP contribution in [0, 0.1) is 6.92 Å². The van der Waals surface area contributed by atoms with Gasteiger partial charge in [0.15, 0.2) is 0 Å². The molecule has 0 spiro atoms. The Balaban J connectivity index is 2.43. The van der Waals surface area contributed by atoms with Crippen molar-refractivity contribution in [1.82, 2.24) is 4.98 Å². The van der Waals surface area contributed by atoms with Crippen molar-refractivity contribution in [3.05, 3.63) is 29.1 Å². The van der Waals surface area contributed by atoms with Crippen LogP contribution in [0.1, 0.15) is 17.0 Å². The zero-order chi connectivity index (χ0) is 7.68. The molecule has 2 heterocycles. The molecule has 0 saturated carbocycles. The minimum absolute atomic E-state index is 0.739. The third kappa shape index (κ3) is 1.26. The van der Waals surface area contributed by atoms with Crippen molar-refractivity contribution in [2.75, 3.05) is 6.61 Å². The standard InChI is InChI=1S/C9H11NO/c1-7-2-3-8-6-11-5-4-9(8)10-7/h2-3H,4-6H2,1H3. The van der Waals surface area contributed by atoms with Gasteiger partial charge < -0.3 is 4.74 Å². The van der Waals surface area contributed by atoms with E-state index in [1.165, 1.54) is 11.3 Å². The van der Waals surface area contributed by atoms with E-state index in [4.69, 9.17) is 4.74 Å². The molecular formula is C9H11NO. The van der Waals surface area contributed by atoms with Crippen molar-refractivity contribution in [1.29, 1.82) is 0 Å². The van der Waals surface area contributed by atoms with Crippen LogP contribution in [-0.4, -0.2) is 11.6 Å². The summed E-state index contributed by atoms with van der Waals surface area (Å²) in [6.45, 7) is 3.59. The Labute approximate surface area is 66.2 Å². The Morgan fingerprint density at radius 2 is 2.36 bits per heavy atom. The zero-order valence-corrected chi connectivity index (χ0v) is 6.63. The van der Waals surface area contributed by atoms with Gasteiger partial charge in [0.05, 0.1) is 13.2 Å². The largest absolute Gasteiger partial charge is 0.376 e. The lowest BCUT2D eigenvalue weighted by Gasteiger charge is -2.15. The van der Waals surface area contributed by atoms with E-state index in [2.05, 4.69) is 11.1 Å². The van der Waals surface area contributed by atoms with Crippen molar-refractivity contribution in [3.8, 4) is 0 Å². The second-order valence-corrected chi connectivity index (χ2v) is 2.86. The van der Waals surface area contributed by atoms with E-state index in [0.717, 1.165) is 25.3 Å². The van der Waals surface area contributed by atoms with Crippen molar-refractivity contribution in [3.63, 3.8) is 0 Å². The summed E-state index contributed by atoms with van der Waals surface area (Å²) in [6, 6.07) is 4.14. The van der Waals surface area contributed by atoms with E-state index in [0.29, 0.717) is 0 Å². The molecule has 2 rings (SSSR count). The molecule has 0 atom stereocenters. The van der Waals surface area contributed by atoms with E-state index in [1.54, 1.807) is 0 Å². The first kappa shape index (κ1) is 6.80. The summed E-state index contributed by atoms with van der Waals surface area (Å²) in [4.78, 5) is 4.43. The Bertz CT molecular complexity index is 270. The highest BCUT2D eigenvalue weighted by molar-refractivity contribution is 5.23. The molecule has 0 bridgehead atoms. The molecule has 0 aromatic carbocycles. The summed E-state index contributed by atoms with van der Waals surface area (Å²) >= 11 is 0. The van der Waals surface area contributed by atoms with Gasteiger partial charge in [-0.05, 0) is 18.6 Å². The maximum Gasteiger partial charge on any atom is 0.0734 e. The first-order valence-electron chi connectivity index (χ1n) is 3.89. The molecule has 1 aliphatic heterocycles. The second-order valence-electron chi connectivity index (χ2n) is 2.86. The summed E-state index contributed by atoms with van der Waals surface area (Å²) in [5, 5.41) is 0. The van der Waals surface area contributed by atoms with Gasteiger partial charge in [-0.15, -0.1) is 0 Å². The Morgan fingerprint density at radius 3 is 3.27 bits per heavy atom. The van der Waals surface area contributed by atoms with Crippen LogP contribution in [0.15, 0.2) is 12.1 Å². The summed E-state index contributed by atoms with van der Waals surface area (Å²) < 4.78 is 5.30. The predicted octanol–water partition coefficient (Wildman–Crippen LogP) is 1.46. The van der Waals surface area contributed by atoms with Crippen LogP contribution < -0.4 is 0 Å². The number of nitrogens with zero attached hydrogens (tertiary/aromatic N) is 1. The molecule has 2 nitrogen and oxygen atoms in total. The molecule has 0 N–H and O–H groups in total. The van der Waals surface area contributed by atoms with E-state index < -0.39 is 0 Å². The fourth-order valence-electron chi connectivity index (χ4n) is 1.34. The summed E-state index contributed by atoms with van der Waals surface area (Å²) in [6.07, 6.45) is 0.969. The van der Waals surface area contributed by atoms with Gasteiger partial charge in [0.1, 0.15) is 0 Å². The molecule has 0 fully saturated rings. The van der Waals surface area contributed by atoms with Crippen LogP contribution in [0.4, 0.5) is 0 Å². The van der Waals surface area contributed by atoms with Crippen molar-refractivity contribution < 1.29 is 4.74 Å².